The summed E-state index contributed by atoms with van der Waals surface area (Å²) in [5.74, 6) is 1.17. The minimum Gasteiger partial charge on any atom is -0.337 e. The van der Waals surface area contributed by atoms with Crippen LogP contribution in [-0.2, 0) is 6.54 Å². The fourth-order valence-corrected chi connectivity index (χ4v) is 2.61. The van der Waals surface area contributed by atoms with E-state index in [9.17, 15) is 4.79 Å². The Morgan fingerprint density at radius 3 is 2.59 bits per heavy atom. The summed E-state index contributed by atoms with van der Waals surface area (Å²) in [5.41, 5.74) is 0.133. The van der Waals surface area contributed by atoms with Gasteiger partial charge in [0.25, 0.3) is 0 Å². The number of rotatable bonds is 5. The van der Waals surface area contributed by atoms with Gasteiger partial charge in [0.15, 0.2) is 0 Å². The van der Waals surface area contributed by atoms with Gasteiger partial charge in [0, 0.05) is 38.6 Å². The molecule has 2 amide bonds. The third kappa shape index (κ3) is 4.49. The van der Waals surface area contributed by atoms with Crippen molar-refractivity contribution >= 4 is 6.03 Å². The van der Waals surface area contributed by atoms with E-state index in [1.807, 2.05) is 28.0 Å². The highest BCUT2D eigenvalue weighted by molar-refractivity contribution is 5.74. The summed E-state index contributed by atoms with van der Waals surface area (Å²) in [6, 6.07) is 2.05. The van der Waals surface area contributed by atoms with Gasteiger partial charge < -0.3 is 10.2 Å². The van der Waals surface area contributed by atoms with Gasteiger partial charge in [-0.15, -0.1) is 0 Å². The Bertz CT molecular complexity index is 459. The normalized spacial score (nSPS) is 17.0. The van der Waals surface area contributed by atoms with Crippen LogP contribution < -0.4 is 5.32 Å². The molecular formula is C17H30N4O. The monoisotopic (exact) mass is 306 g/mol. The molecule has 0 aromatic carbocycles. The Kier molecular flexibility index (Phi) is 5.48. The van der Waals surface area contributed by atoms with Gasteiger partial charge in [-0.25, -0.2) is 4.79 Å². The maximum absolute atomic E-state index is 12.3. The Morgan fingerprint density at radius 2 is 2.05 bits per heavy atom. The topological polar surface area (TPSA) is 50.2 Å². The average Bonchev–Trinajstić information content (AvgIpc) is 2.98. The van der Waals surface area contributed by atoms with E-state index >= 15 is 0 Å². The van der Waals surface area contributed by atoms with E-state index in [0.717, 1.165) is 39.0 Å². The first-order chi connectivity index (χ1) is 10.4. The predicted octanol–water partition coefficient (Wildman–Crippen LogP) is 2.99. The number of likely N-dealkylation sites (tertiary alicyclic amines) is 1. The summed E-state index contributed by atoms with van der Waals surface area (Å²) in [6.07, 6.45) is 5.94. The quantitative estimate of drug-likeness (QED) is 0.909. The van der Waals surface area contributed by atoms with Crippen LogP contribution in [0.4, 0.5) is 4.79 Å². The van der Waals surface area contributed by atoms with Crippen molar-refractivity contribution in [1.82, 2.24) is 20.0 Å². The van der Waals surface area contributed by atoms with Gasteiger partial charge >= 0.3 is 6.03 Å². The molecule has 0 saturated carbocycles. The number of urea groups is 1. The molecule has 0 aliphatic carbocycles. The van der Waals surface area contributed by atoms with Crippen LogP contribution in [0.1, 0.15) is 40.5 Å². The first-order valence-corrected chi connectivity index (χ1v) is 8.38. The molecule has 1 fully saturated rings. The van der Waals surface area contributed by atoms with Crippen molar-refractivity contribution in [2.75, 3.05) is 19.6 Å². The maximum atomic E-state index is 12.3. The van der Waals surface area contributed by atoms with Crippen molar-refractivity contribution in [2.45, 2.75) is 47.1 Å². The van der Waals surface area contributed by atoms with E-state index < -0.39 is 0 Å². The van der Waals surface area contributed by atoms with Crippen LogP contribution in [0.5, 0.6) is 0 Å². The van der Waals surface area contributed by atoms with Crippen LogP contribution in [-0.4, -0.2) is 40.3 Å². The Morgan fingerprint density at radius 1 is 1.36 bits per heavy atom. The summed E-state index contributed by atoms with van der Waals surface area (Å²) in [7, 11) is 0. The molecule has 1 saturated heterocycles. The molecule has 2 rings (SSSR count). The van der Waals surface area contributed by atoms with E-state index in [4.69, 9.17) is 0 Å². The molecule has 22 heavy (non-hydrogen) atoms. The molecule has 0 bridgehead atoms. The van der Waals surface area contributed by atoms with Crippen LogP contribution in [0.25, 0.3) is 0 Å². The van der Waals surface area contributed by atoms with Crippen LogP contribution in [0, 0.1) is 17.3 Å². The van der Waals surface area contributed by atoms with Gasteiger partial charge in [-0.1, -0.05) is 27.7 Å². The summed E-state index contributed by atoms with van der Waals surface area (Å²) in [5, 5.41) is 7.37. The molecule has 1 aliphatic heterocycles. The molecule has 0 radical (unpaired) electrons. The number of hydrogen-bond acceptors (Lipinski definition) is 2. The Balaban J connectivity index is 1.73. The van der Waals surface area contributed by atoms with Crippen molar-refractivity contribution in [3.8, 4) is 0 Å². The molecule has 1 aromatic rings. The second kappa shape index (κ2) is 7.16. The Labute approximate surface area is 134 Å². The Hall–Kier alpha value is -1.52. The standard InChI is InChI=1S/C17H30N4O/c1-14(2)17(3,4)13-18-16(22)20-10-6-15(7-11-20)12-21-9-5-8-19-21/h5,8-9,14-15H,6-7,10-13H2,1-4H3,(H,18,22). The molecule has 5 heteroatoms. The van der Waals surface area contributed by atoms with Crippen molar-refractivity contribution in [3.05, 3.63) is 18.5 Å². The van der Waals surface area contributed by atoms with Crippen LogP contribution in [0.2, 0.25) is 0 Å². The molecule has 0 spiro atoms. The minimum atomic E-state index is 0.0891. The van der Waals surface area contributed by atoms with Crippen LogP contribution >= 0.6 is 0 Å². The van der Waals surface area contributed by atoms with E-state index in [1.165, 1.54) is 0 Å². The van der Waals surface area contributed by atoms with Crippen LogP contribution in [0.3, 0.4) is 0 Å². The number of nitrogens with zero attached hydrogens (tertiary/aromatic N) is 3. The summed E-state index contributed by atoms with van der Waals surface area (Å²) < 4.78 is 1.99. The van der Waals surface area contributed by atoms with Crippen LogP contribution in [0.15, 0.2) is 18.5 Å². The number of nitrogens with one attached hydrogen (secondary N) is 1. The number of amides is 2. The molecule has 5 nitrogen and oxygen atoms in total. The van der Waals surface area contributed by atoms with E-state index in [1.54, 1.807) is 0 Å². The van der Waals surface area contributed by atoms with E-state index in [2.05, 4.69) is 38.1 Å². The van der Waals surface area contributed by atoms with Crippen molar-refractivity contribution in [1.29, 1.82) is 0 Å². The van der Waals surface area contributed by atoms with Gasteiger partial charge in [0.2, 0.25) is 0 Å². The van der Waals surface area contributed by atoms with Crippen molar-refractivity contribution < 1.29 is 4.79 Å². The lowest BCUT2D eigenvalue weighted by molar-refractivity contribution is 0.155. The first kappa shape index (κ1) is 16.8. The zero-order chi connectivity index (χ0) is 16.2. The van der Waals surface area contributed by atoms with E-state index in [-0.39, 0.29) is 11.4 Å². The number of piperidine rings is 1. The van der Waals surface area contributed by atoms with Gasteiger partial charge in [-0.05, 0) is 36.2 Å². The zero-order valence-electron chi connectivity index (χ0n) is 14.4. The number of aromatic nitrogens is 2. The molecule has 0 unspecified atom stereocenters. The molecule has 0 atom stereocenters. The summed E-state index contributed by atoms with van der Waals surface area (Å²) in [4.78, 5) is 14.2. The molecule has 1 aromatic heterocycles. The highest BCUT2D eigenvalue weighted by atomic mass is 16.2. The highest BCUT2D eigenvalue weighted by Crippen LogP contribution is 2.25. The summed E-state index contributed by atoms with van der Waals surface area (Å²) in [6.45, 7) is 12.2. The van der Waals surface area contributed by atoms with Crippen molar-refractivity contribution in [3.63, 3.8) is 0 Å². The SMILES string of the molecule is CC(C)C(C)(C)CNC(=O)N1CCC(Cn2cccn2)CC1. The van der Waals surface area contributed by atoms with Gasteiger partial charge in [0.1, 0.15) is 0 Å². The minimum absolute atomic E-state index is 0.0891. The number of carbonyl (C=O) groups excluding carboxylic acids is 1. The molecule has 124 valence electrons. The molecule has 1 aliphatic rings. The lowest BCUT2D eigenvalue weighted by Gasteiger charge is -2.34. The second-order valence-corrected chi connectivity index (χ2v) is 7.46. The molecule has 2 heterocycles. The van der Waals surface area contributed by atoms with Gasteiger partial charge in [0.05, 0.1) is 0 Å². The maximum Gasteiger partial charge on any atom is 0.317 e. The molecular weight excluding hydrogens is 276 g/mol. The number of hydrogen-bond donors (Lipinski definition) is 1. The average molecular weight is 306 g/mol. The fraction of sp³-hybridized carbons (Fsp3) is 0.765. The second-order valence-electron chi connectivity index (χ2n) is 7.46. The van der Waals surface area contributed by atoms with Crippen molar-refractivity contribution in [2.24, 2.45) is 17.3 Å². The predicted molar refractivity (Wildman–Crippen MR) is 88.5 cm³/mol. The number of carbonyl (C=O) groups is 1. The highest BCUT2D eigenvalue weighted by Gasteiger charge is 2.26. The zero-order valence-corrected chi connectivity index (χ0v) is 14.4. The lowest BCUT2D eigenvalue weighted by atomic mass is 9.81. The molecule has 1 N–H and O–H groups in total. The van der Waals surface area contributed by atoms with Gasteiger partial charge in [-0.2, -0.15) is 5.10 Å². The third-order valence-electron chi connectivity index (χ3n) is 5.16. The van der Waals surface area contributed by atoms with Gasteiger partial charge in [-0.3, -0.25) is 4.68 Å². The third-order valence-corrected chi connectivity index (χ3v) is 5.16. The largest absolute Gasteiger partial charge is 0.337 e. The fourth-order valence-electron chi connectivity index (χ4n) is 2.61. The first-order valence-electron chi connectivity index (χ1n) is 8.38. The van der Waals surface area contributed by atoms with E-state index in [0.29, 0.717) is 11.8 Å². The smallest absolute Gasteiger partial charge is 0.317 e. The lowest BCUT2D eigenvalue weighted by Crippen LogP contribution is -2.47. The summed E-state index contributed by atoms with van der Waals surface area (Å²) >= 11 is 0.